The summed E-state index contributed by atoms with van der Waals surface area (Å²) in [6.07, 6.45) is 3.17. The Morgan fingerprint density at radius 1 is 1.05 bits per heavy atom. The molecule has 0 aliphatic rings. The standard InChI is InChI=1S/C19H18NO2/c1-2-14-6-3-4-7-15(14)10-12-20-19(21)17-8-5-9-18-16(17)11-13-22-18/h3-9,11,13H,1-2,10,12H2,(H,20,21). The Hall–Kier alpha value is -2.55. The van der Waals surface area contributed by atoms with Gasteiger partial charge >= 0.3 is 0 Å². The smallest absolute Gasteiger partial charge is 0.252 e. The zero-order chi connectivity index (χ0) is 15.4. The number of amides is 1. The van der Waals surface area contributed by atoms with E-state index >= 15 is 0 Å². The van der Waals surface area contributed by atoms with Gasteiger partial charge in [-0.25, -0.2) is 0 Å². The summed E-state index contributed by atoms with van der Waals surface area (Å²) < 4.78 is 5.33. The second-order valence-electron chi connectivity index (χ2n) is 5.16. The Balaban J connectivity index is 1.67. The minimum Gasteiger partial charge on any atom is -0.464 e. The van der Waals surface area contributed by atoms with E-state index in [2.05, 4.69) is 24.4 Å². The number of fused-ring (bicyclic) bond motifs is 1. The average molecular weight is 292 g/mol. The fraction of sp³-hybridized carbons (Fsp3) is 0.158. The minimum absolute atomic E-state index is 0.0703. The lowest BCUT2D eigenvalue weighted by Gasteiger charge is -2.09. The van der Waals surface area contributed by atoms with E-state index in [-0.39, 0.29) is 5.91 Å². The number of furan rings is 1. The maximum atomic E-state index is 12.3. The van der Waals surface area contributed by atoms with E-state index in [9.17, 15) is 4.79 Å². The van der Waals surface area contributed by atoms with Gasteiger partial charge in [0.1, 0.15) is 5.58 Å². The van der Waals surface area contributed by atoms with Gasteiger partial charge in [-0.3, -0.25) is 4.79 Å². The van der Waals surface area contributed by atoms with Gasteiger partial charge in [0, 0.05) is 11.9 Å². The summed E-state index contributed by atoms with van der Waals surface area (Å²) in [6.45, 7) is 4.54. The lowest BCUT2D eigenvalue weighted by atomic mass is 10.0. The predicted molar refractivity (Wildman–Crippen MR) is 87.8 cm³/mol. The van der Waals surface area contributed by atoms with Crippen molar-refractivity contribution in [3.05, 3.63) is 78.4 Å². The van der Waals surface area contributed by atoms with Crippen molar-refractivity contribution in [2.75, 3.05) is 6.54 Å². The van der Waals surface area contributed by atoms with Crippen molar-refractivity contribution in [3.8, 4) is 0 Å². The maximum Gasteiger partial charge on any atom is 0.252 e. The van der Waals surface area contributed by atoms with Crippen LogP contribution >= 0.6 is 0 Å². The van der Waals surface area contributed by atoms with Crippen LogP contribution in [0.15, 0.2) is 59.2 Å². The number of benzene rings is 2. The van der Waals surface area contributed by atoms with Crippen LogP contribution in [0, 0.1) is 6.92 Å². The molecule has 0 bridgehead atoms. The number of hydrogen-bond donors (Lipinski definition) is 1. The first-order valence-corrected chi connectivity index (χ1v) is 7.40. The van der Waals surface area contributed by atoms with Crippen LogP contribution in [-0.4, -0.2) is 12.5 Å². The summed E-state index contributed by atoms with van der Waals surface area (Å²) in [4.78, 5) is 12.3. The van der Waals surface area contributed by atoms with E-state index in [0.29, 0.717) is 12.1 Å². The molecule has 0 unspecified atom stereocenters. The van der Waals surface area contributed by atoms with E-state index in [1.165, 1.54) is 11.1 Å². The van der Waals surface area contributed by atoms with Crippen molar-refractivity contribution >= 4 is 16.9 Å². The van der Waals surface area contributed by atoms with Crippen molar-refractivity contribution in [2.24, 2.45) is 0 Å². The van der Waals surface area contributed by atoms with Gasteiger partial charge in [-0.05, 0) is 49.1 Å². The molecule has 1 amide bonds. The molecule has 0 spiro atoms. The molecule has 111 valence electrons. The Labute approximate surface area is 130 Å². The van der Waals surface area contributed by atoms with Crippen molar-refractivity contribution in [3.63, 3.8) is 0 Å². The van der Waals surface area contributed by atoms with Crippen molar-refractivity contribution in [1.29, 1.82) is 0 Å². The first-order valence-electron chi connectivity index (χ1n) is 7.40. The lowest BCUT2D eigenvalue weighted by molar-refractivity contribution is 0.0955. The fourth-order valence-electron chi connectivity index (χ4n) is 2.64. The lowest BCUT2D eigenvalue weighted by Crippen LogP contribution is -2.26. The van der Waals surface area contributed by atoms with Gasteiger partial charge in [0.2, 0.25) is 0 Å². The molecule has 1 aromatic heterocycles. The summed E-state index contributed by atoms with van der Waals surface area (Å²) >= 11 is 0. The highest BCUT2D eigenvalue weighted by atomic mass is 16.3. The molecule has 1 heterocycles. The number of carbonyl (C=O) groups is 1. The van der Waals surface area contributed by atoms with Gasteiger partial charge in [0.15, 0.2) is 0 Å². The van der Waals surface area contributed by atoms with Crippen molar-refractivity contribution in [1.82, 2.24) is 5.32 Å². The zero-order valence-electron chi connectivity index (χ0n) is 12.3. The Morgan fingerprint density at radius 2 is 1.86 bits per heavy atom. The van der Waals surface area contributed by atoms with E-state index in [0.717, 1.165) is 23.8 Å². The molecule has 0 aliphatic heterocycles. The molecule has 0 saturated heterocycles. The third kappa shape index (κ3) is 2.89. The highest BCUT2D eigenvalue weighted by Crippen LogP contribution is 2.19. The Morgan fingerprint density at radius 3 is 2.68 bits per heavy atom. The first-order chi connectivity index (χ1) is 10.8. The van der Waals surface area contributed by atoms with E-state index in [1.54, 1.807) is 6.26 Å². The Bertz CT molecular complexity index is 789. The number of carbonyl (C=O) groups excluding carboxylic acids is 1. The van der Waals surface area contributed by atoms with Crippen molar-refractivity contribution < 1.29 is 9.21 Å². The second kappa shape index (κ2) is 6.48. The third-order valence-electron chi connectivity index (χ3n) is 3.81. The SMILES string of the molecule is [CH2]Cc1ccccc1CCNC(=O)c1cccc2occc12. The largest absolute Gasteiger partial charge is 0.464 e. The van der Waals surface area contributed by atoms with E-state index in [1.807, 2.05) is 36.4 Å². The van der Waals surface area contributed by atoms with Crippen LogP contribution in [0.25, 0.3) is 11.0 Å². The summed E-state index contributed by atoms with van der Waals surface area (Å²) in [5.74, 6) is -0.0703. The fourth-order valence-corrected chi connectivity index (χ4v) is 2.64. The highest BCUT2D eigenvalue weighted by molar-refractivity contribution is 6.05. The average Bonchev–Trinajstić information content (AvgIpc) is 3.03. The summed E-state index contributed by atoms with van der Waals surface area (Å²) in [7, 11) is 0. The molecular weight excluding hydrogens is 274 g/mol. The van der Waals surface area contributed by atoms with Gasteiger partial charge in [0.25, 0.3) is 5.91 Å². The first kappa shape index (κ1) is 14.4. The molecule has 0 aliphatic carbocycles. The molecule has 3 nitrogen and oxygen atoms in total. The van der Waals surface area contributed by atoms with Gasteiger partial charge in [0.05, 0.1) is 11.8 Å². The monoisotopic (exact) mass is 292 g/mol. The number of hydrogen-bond acceptors (Lipinski definition) is 2. The molecule has 0 fully saturated rings. The Kier molecular flexibility index (Phi) is 4.24. The predicted octanol–water partition coefficient (Wildman–Crippen LogP) is 3.78. The molecule has 22 heavy (non-hydrogen) atoms. The molecule has 3 aromatic rings. The van der Waals surface area contributed by atoms with Gasteiger partial charge in [-0.2, -0.15) is 0 Å². The van der Waals surface area contributed by atoms with E-state index in [4.69, 9.17) is 4.42 Å². The summed E-state index contributed by atoms with van der Waals surface area (Å²) in [5.41, 5.74) is 3.85. The minimum atomic E-state index is -0.0703. The van der Waals surface area contributed by atoms with Crippen LogP contribution < -0.4 is 5.32 Å². The second-order valence-corrected chi connectivity index (χ2v) is 5.16. The van der Waals surface area contributed by atoms with Crippen molar-refractivity contribution in [2.45, 2.75) is 12.8 Å². The van der Waals surface area contributed by atoms with Gasteiger partial charge in [-0.1, -0.05) is 30.3 Å². The van der Waals surface area contributed by atoms with Crippen LogP contribution in [-0.2, 0) is 12.8 Å². The van der Waals surface area contributed by atoms with Crippen LogP contribution in [0.2, 0.25) is 0 Å². The van der Waals surface area contributed by atoms with Crippen LogP contribution in [0.4, 0.5) is 0 Å². The normalized spacial score (nSPS) is 10.8. The van der Waals surface area contributed by atoms with E-state index < -0.39 is 0 Å². The maximum absolute atomic E-state index is 12.3. The molecule has 1 N–H and O–H groups in total. The molecule has 0 atom stereocenters. The molecule has 3 rings (SSSR count). The number of nitrogens with one attached hydrogen (secondary N) is 1. The molecule has 1 radical (unpaired) electrons. The van der Waals surface area contributed by atoms with Crippen LogP contribution in [0.1, 0.15) is 21.5 Å². The topological polar surface area (TPSA) is 42.2 Å². The number of rotatable bonds is 5. The molecular formula is C19H18NO2. The quantitative estimate of drug-likeness (QED) is 0.777. The van der Waals surface area contributed by atoms with Gasteiger partial charge < -0.3 is 9.73 Å². The van der Waals surface area contributed by atoms with Gasteiger partial charge in [-0.15, -0.1) is 0 Å². The zero-order valence-corrected chi connectivity index (χ0v) is 12.3. The summed E-state index contributed by atoms with van der Waals surface area (Å²) in [5, 5.41) is 3.83. The highest BCUT2D eigenvalue weighted by Gasteiger charge is 2.11. The third-order valence-corrected chi connectivity index (χ3v) is 3.81. The van der Waals surface area contributed by atoms with Crippen LogP contribution in [0.3, 0.4) is 0 Å². The van der Waals surface area contributed by atoms with Crippen LogP contribution in [0.5, 0.6) is 0 Å². The molecule has 0 saturated carbocycles. The molecule has 2 aromatic carbocycles. The molecule has 3 heteroatoms. The summed E-state index contributed by atoms with van der Waals surface area (Å²) in [6, 6.07) is 15.5.